The highest BCUT2D eigenvalue weighted by atomic mass is 32.2. The fraction of sp³-hybridized carbons (Fsp3) is 0.357. The maximum absolute atomic E-state index is 13.1. The number of amides is 1. The molecule has 136 valence electrons. The fourth-order valence-corrected chi connectivity index (χ4v) is 3.44. The minimum atomic E-state index is -4.86. The number of alkyl halides is 3. The minimum Gasteiger partial charge on any atom is -0.323 e. The first kappa shape index (κ1) is 18.9. The Labute approximate surface area is 142 Å². The highest BCUT2D eigenvalue weighted by molar-refractivity contribution is 7.91. The zero-order valence-electron chi connectivity index (χ0n) is 13.4. The minimum absolute atomic E-state index is 0.355. The van der Waals surface area contributed by atoms with Gasteiger partial charge in [-0.05, 0) is 26.0 Å². The molecule has 0 aliphatic heterocycles. The molecule has 0 N–H and O–H groups in total. The van der Waals surface area contributed by atoms with E-state index in [0.717, 1.165) is 18.5 Å². The lowest BCUT2D eigenvalue weighted by Gasteiger charge is -2.17. The van der Waals surface area contributed by atoms with E-state index in [1.807, 2.05) is 0 Å². The second kappa shape index (κ2) is 6.82. The number of sulfone groups is 1. The molecule has 0 atom stereocenters. The van der Waals surface area contributed by atoms with E-state index in [0.29, 0.717) is 23.8 Å². The topological polar surface area (TPSA) is 85.2 Å². The van der Waals surface area contributed by atoms with Gasteiger partial charge in [0, 0.05) is 13.1 Å². The average Bonchev–Trinajstić information content (AvgIpc) is 3.06. The quantitative estimate of drug-likeness (QED) is 0.818. The lowest BCUT2D eigenvalue weighted by atomic mass is 10.2. The van der Waals surface area contributed by atoms with Crippen molar-refractivity contribution in [1.29, 1.82) is 0 Å². The molecular weight excluding hydrogens is 361 g/mol. The third kappa shape index (κ3) is 3.65. The molecule has 0 radical (unpaired) electrons. The number of carbonyl (C=O) groups excluding carboxylic acids is 1. The molecule has 1 heterocycles. The number of halogens is 3. The Hall–Kier alpha value is -2.43. The summed E-state index contributed by atoms with van der Waals surface area (Å²) in [5.41, 5.74) is -1.32. The molecule has 0 saturated heterocycles. The Balaban J connectivity index is 2.49. The summed E-state index contributed by atoms with van der Waals surface area (Å²) in [6, 6.07) is 3.11. The molecule has 1 aromatic heterocycles. The van der Waals surface area contributed by atoms with Crippen LogP contribution in [-0.2, 0) is 16.0 Å². The highest BCUT2D eigenvalue weighted by Gasteiger charge is 2.38. The predicted molar refractivity (Wildman–Crippen MR) is 80.6 cm³/mol. The van der Waals surface area contributed by atoms with E-state index in [4.69, 9.17) is 0 Å². The van der Waals surface area contributed by atoms with Crippen LogP contribution in [0.2, 0.25) is 0 Å². The van der Waals surface area contributed by atoms with Crippen molar-refractivity contribution in [2.75, 3.05) is 13.1 Å². The molecular formula is C14H15F3N4O3S. The van der Waals surface area contributed by atoms with Crippen molar-refractivity contribution in [3.8, 4) is 0 Å². The van der Waals surface area contributed by atoms with Gasteiger partial charge in [-0.25, -0.2) is 18.2 Å². The van der Waals surface area contributed by atoms with Gasteiger partial charge in [-0.3, -0.25) is 0 Å². The van der Waals surface area contributed by atoms with Gasteiger partial charge in [-0.1, -0.05) is 12.1 Å². The maximum atomic E-state index is 13.1. The first-order chi connectivity index (χ1) is 11.6. The summed E-state index contributed by atoms with van der Waals surface area (Å²) in [6.07, 6.45) is -3.99. The van der Waals surface area contributed by atoms with E-state index in [9.17, 15) is 26.4 Å². The molecule has 0 aliphatic rings. The zero-order chi connectivity index (χ0) is 18.8. The normalized spacial score (nSPS) is 12.2. The second-order valence-corrected chi connectivity index (χ2v) is 6.74. The van der Waals surface area contributed by atoms with Gasteiger partial charge in [0.05, 0.1) is 10.5 Å². The van der Waals surface area contributed by atoms with Gasteiger partial charge in [0.25, 0.3) is 5.16 Å². The first-order valence-electron chi connectivity index (χ1n) is 7.25. The number of rotatable bonds is 4. The molecule has 0 fully saturated rings. The van der Waals surface area contributed by atoms with Crippen molar-refractivity contribution in [3.05, 3.63) is 36.2 Å². The monoisotopic (exact) mass is 376 g/mol. The van der Waals surface area contributed by atoms with Crippen LogP contribution in [-0.4, -0.2) is 47.2 Å². The fourth-order valence-electron chi connectivity index (χ4n) is 2.14. The Kier molecular flexibility index (Phi) is 5.16. The summed E-state index contributed by atoms with van der Waals surface area (Å²) >= 11 is 0. The van der Waals surface area contributed by atoms with E-state index in [1.165, 1.54) is 11.0 Å². The maximum Gasteiger partial charge on any atom is 0.417 e. The molecule has 11 heteroatoms. The largest absolute Gasteiger partial charge is 0.417 e. The van der Waals surface area contributed by atoms with Crippen molar-refractivity contribution < 1.29 is 26.4 Å². The summed E-state index contributed by atoms with van der Waals surface area (Å²) in [7, 11) is -4.64. The lowest BCUT2D eigenvalue weighted by Crippen LogP contribution is -2.34. The van der Waals surface area contributed by atoms with Crippen LogP contribution in [0.15, 0.2) is 40.6 Å². The number of hydrogen-bond donors (Lipinski definition) is 0. The molecule has 0 unspecified atom stereocenters. The summed E-state index contributed by atoms with van der Waals surface area (Å²) in [6.45, 7) is 4.15. The molecule has 2 rings (SSSR count). The van der Waals surface area contributed by atoms with Crippen molar-refractivity contribution in [2.24, 2.45) is 0 Å². The van der Waals surface area contributed by atoms with Crippen LogP contribution < -0.4 is 0 Å². The van der Waals surface area contributed by atoms with Gasteiger partial charge in [0.15, 0.2) is 0 Å². The van der Waals surface area contributed by atoms with Crippen molar-refractivity contribution in [1.82, 2.24) is 19.7 Å². The van der Waals surface area contributed by atoms with Gasteiger partial charge >= 0.3 is 12.2 Å². The van der Waals surface area contributed by atoms with Gasteiger partial charge in [-0.2, -0.15) is 17.9 Å². The Morgan fingerprint density at radius 2 is 1.80 bits per heavy atom. The van der Waals surface area contributed by atoms with Crippen LogP contribution >= 0.6 is 0 Å². The highest BCUT2D eigenvalue weighted by Crippen LogP contribution is 2.35. The van der Waals surface area contributed by atoms with Crippen LogP contribution in [0.1, 0.15) is 19.4 Å². The van der Waals surface area contributed by atoms with Crippen LogP contribution in [0.25, 0.3) is 0 Å². The molecule has 0 bridgehead atoms. The van der Waals surface area contributed by atoms with Crippen molar-refractivity contribution in [2.45, 2.75) is 30.1 Å². The number of benzene rings is 1. The van der Waals surface area contributed by atoms with Crippen LogP contribution in [0.3, 0.4) is 0 Å². The van der Waals surface area contributed by atoms with Crippen LogP contribution in [0, 0.1) is 0 Å². The molecule has 1 aromatic carbocycles. The number of hydrogen-bond acceptors (Lipinski definition) is 5. The molecule has 0 saturated carbocycles. The molecule has 0 aliphatic carbocycles. The number of nitrogens with zero attached hydrogens (tertiary/aromatic N) is 4. The SMILES string of the molecule is CCN(CC)C(=O)n1cnc(S(=O)(=O)c2ccccc2C(F)(F)F)n1. The van der Waals surface area contributed by atoms with E-state index < -0.39 is 37.7 Å². The van der Waals surface area contributed by atoms with E-state index >= 15 is 0 Å². The second-order valence-electron chi connectivity index (χ2n) is 4.92. The van der Waals surface area contributed by atoms with Crippen molar-refractivity contribution >= 4 is 15.9 Å². The Morgan fingerprint density at radius 3 is 2.36 bits per heavy atom. The zero-order valence-corrected chi connectivity index (χ0v) is 14.2. The molecule has 7 nitrogen and oxygen atoms in total. The summed E-state index contributed by atoms with van der Waals surface area (Å²) in [5.74, 6) is 0. The third-order valence-corrected chi connectivity index (χ3v) is 5.03. The Bertz CT molecular complexity index is 873. The number of aromatic nitrogens is 3. The molecule has 1 amide bonds. The van der Waals surface area contributed by atoms with Crippen molar-refractivity contribution in [3.63, 3.8) is 0 Å². The van der Waals surface area contributed by atoms with E-state index in [1.54, 1.807) is 13.8 Å². The summed E-state index contributed by atoms with van der Waals surface area (Å²) in [5, 5.41) is 2.69. The average molecular weight is 376 g/mol. The van der Waals surface area contributed by atoms with Gasteiger partial charge in [-0.15, -0.1) is 5.10 Å². The van der Waals surface area contributed by atoms with E-state index in [-0.39, 0.29) is 0 Å². The molecule has 0 spiro atoms. The molecule has 2 aromatic rings. The third-order valence-electron chi connectivity index (χ3n) is 3.42. The van der Waals surface area contributed by atoms with Gasteiger partial charge < -0.3 is 4.90 Å². The standard InChI is InChI=1S/C14H15F3N4O3S/c1-3-20(4-2)13(22)21-9-18-12(19-21)25(23,24)11-8-6-5-7-10(11)14(15,16)17/h5-9H,3-4H2,1-2H3. The lowest BCUT2D eigenvalue weighted by molar-refractivity contribution is -0.139. The summed E-state index contributed by atoms with van der Waals surface area (Å²) < 4.78 is 64.8. The summed E-state index contributed by atoms with van der Waals surface area (Å²) in [4.78, 5) is 16.0. The van der Waals surface area contributed by atoms with Crippen LogP contribution in [0.5, 0.6) is 0 Å². The number of carbonyl (C=O) groups is 1. The molecule has 25 heavy (non-hydrogen) atoms. The van der Waals surface area contributed by atoms with E-state index in [2.05, 4.69) is 10.1 Å². The van der Waals surface area contributed by atoms with Crippen LogP contribution in [0.4, 0.5) is 18.0 Å². The van der Waals surface area contributed by atoms with Gasteiger partial charge in [0.2, 0.25) is 9.84 Å². The van der Waals surface area contributed by atoms with Gasteiger partial charge in [0.1, 0.15) is 6.33 Å². The smallest absolute Gasteiger partial charge is 0.323 e. The first-order valence-corrected chi connectivity index (χ1v) is 8.73. The Morgan fingerprint density at radius 1 is 1.20 bits per heavy atom. The predicted octanol–water partition coefficient (Wildman–Crippen LogP) is 2.44.